The number of thiophene rings is 1. The van der Waals surface area contributed by atoms with Gasteiger partial charge in [-0.1, -0.05) is 0 Å². The van der Waals surface area contributed by atoms with Crippen molar-refractivity contribution < 1.29 is 0 Å². The zero-order valence-electron chi connectivity index (χ0n) is 10.2. The standard InChI is InChI=1S/C12H16N4OS/c1-13-3-4-14-11-6-12(17)16(15-7-11)8-10-2-5-18-9-10/h2,5-7,9,13-14H,3-4,8H2,1H3. The molecule has 0 atom stereocenters. The van der Waals surface area contributed by atoms with Crippen molar-refractivity contribution in [3.05, 3.63) is 45.0 Å². The largest absolute Gasteiger partial charge is 0.382 e. The molecule has 2 N–H and O–H groups in total. The maximum atomic E-state index is 11.8. The van der Waals surface area contributed by atoms with Gasteiger partial charge in [0.05, 0.1) is 18.4 Å². The predicted octanol–water partition coefficient (Wildman–Crippen LogP) is 0.984. The molecule has 0 aromatic carbocycles. The second-order valence-electron chi connectivity index (χ2n) is 3.90. The van der Waals surface area contributed by atoms with Crippen LogP contribution in [0.15, 0.2) is 33.9 Å². The minimum Gasteiger partial charge on any atom is -0.382 e. The molecule has 0 saturated carbocycles. The van der Waals surface area contributed by atoms with Crippen molar-refractivity contribution in [3.63, 3.8) is 0 Å². The molecular formula is C12H16N4OS. The van der Waals surface area contributed by atoms with E-state index in [1.54, 1.807) is 23.6 Å². The van der Waals surface area contributed by atoms with Crippen LogP contribution in [0.2, 0.25) is 0 Å². The number of anilines is 1. The van der Waals surface area contributed by atoms with Crippen molar-refractivity contribution in [1.82, 2.24) is 15.1 Å². The van der Waals surface area contributed by atoms with E-state index in [1.807, 2.05) is 23.9 Å². The maximum absolute atomic E-state index is 11.8. The lowest BCUT2D eigenvalue weighted by Gasteiger charge is -2.07. The molecule has 0 saturated heterocycles. The van der Waals surface area contributed by atoms with E-state index < -0.39 is 0 Å². The van der Waals surface area contributed by atoms with Gasteiger partial charge in [-0.15, -0.1) is 0 Å². The second-order valence-corrected chi connectivity index (χ2v) is 4.68. The molecule has 2 aromatic heterocycles. The van der Waals surface area contributed by atoms with Crippen LogP contribution in [0.3, 0.4) is 0 Å². The zero-order valence-corrected chi connectivity index (χ0v) is 11.0. The highest BCUT2D eigenvalue weighted by Crippen LogP contribution is 2.06. The first-order valence-corrected chi connectivity index (χ1v) is 6.70. The number of hydrogen-bond donors (Lipinski definition) is 2. The molecule has 2 heterocycles. The van der Waals surface area contributed by atoms with E-state index in [1.165, 1.54) is 4.68 Å². The van der Waals surface area contributed by atoms with Crippen LogP contribution in [0.4, 0.5) is 5.69 Å². The number of rotatable bonds is 6. The average Bonchev–Trinajstić information content (AvgIpc) is 2.86. The van der Waals surface area contributed by atoms with E-state index in [4.69, 9.17) is 0 Å². The van der Waals surface area contributed by atoms with Crippen LogP contribution in [-0.2, 0) is 6.54 Å². The van der Waals surface area contributed by atoms with Gasteiger partial charge in [-0.05, 0) is 29.4 Å². The predicted molar refractivity (Wildman–Crippen MR) is 74.3 cm³/mol. The van der Waals surface area contributed by atoms with Crippen molar-refractivity contribution >= 4 is 17.0 Å². The third-order valence-corrected chi connectivity index (χ3v) is 3.22. The molecule has 0 aliphatic carbocycles. The van der Waals surface area contributed by atoms with Gasteiger partial charge in [-0.2, -0.15) is 16.4 Å². The fraction of sp³-hybridized carbons (Fsp3) is 0.333. The number of hydrogen-bond acceptors (Lipinski definition) is 5. The number of aromatic nitrogens is 2. The third-order valence-electron chi connectivity index (χ3n) is 2.49. The van der Waals surface area contributed by atoms with Gasteiger partial charge in [-0.3, -0.25) is 4.79 Å². The Balaban J connectivity index is 2.03. The van der Waals surface area contributed by atoms with E-state index >= 15 is 0 Å². The fourth-order valence-corrected chi connectivity index (χ4v) is 2.20. The lowest BCUT2D eigenvalue weighted by atomic mass is 10.3. The molecule has 0 spiro atoms. The molecule has 0 bridgehead atoms. The van der Waals surface area contributed by atoms with Gasteiger partial charge in [-0.25, -0.2) is 4.68 Å². The molecule has 96 valence electrons. The summed E-state index contributed by atoms with van der Waals surface area (Å²) < 4.78 is 1.46. The van der Waals surface area contributed by atoms with Gasteiger partial charge in [0, 0.05) is 19.2 Å². The SMILES string of the molecule is CNCCNc1cnn(Cc2ccsc2)c(=O)c1. The topological polar surface area (TPSA) is 59.0 Å². The molecule has 0 radical (unpaired) electrons. The van der Waals surface area contributed by atoms with E-state index in [-0.39, 0.29) is 5.56 Å². The van der Waals surface area contributed by atoms with Gasteiger partial charge in [0.1, 0.15) is 0 Å². The molecule has 2 aromatic rings. The number of nitrogens with zero attached hydrogens (tertiary/aromatic N) is 2. The third kappa shape index (κ3) is 3.41. The molecule has 0 amide bonds. The smallest absolute Gasteiger partial charge is 0.269 e. The van der Waals surface area contributed by atoms with Crippen molar-refractivity contribution in [3.8, 4) is 0 Å². The van der Waals surface area contributed by atoms with Crippen molar-refractivity contribution in [2.24, 2.45) is 0 Å². The van der Waals surface area contributed by atoms with Crippen molar-refractivity contribution in [1.29, 1.82) is 0 Å². The molecule has 0 fully saturated rings. The first kappa shape index (κ1) is 12.8. The summed E-state index contributed by atoms with van der Waals surface area (Å²) in [7, 11) is 1.89. The quantitative estimate of drug-likeness (QED) is 0.764. The Morgan fingerprint density at radius 2 is 2.33 bits per heavy atom. The summed E-state index contributed by atoms with van der Waals surface area (Å²) in [6.45, 7) is 2.14. The fourth-order valence-electron chi connectivity index (χ4n) is 1.54. The Morgan fingerprint density at radius 1 is 1.44 bits per heavy atom. The summed E-state index contributed by atoms with van der Waals surface area (Å²) in [6, 6.07) is 3.58. The minimum absolute atomic E-state index is 0.0874. The van der Waals surface area contributed by atoms with Gasteiger partial charge in [0.25, 0.3) is 5.56 Å². The molecule has 6 heteroatoms. The van der Waals surface area contributed by atoms with E-state index in [0.717, 1.165) is 24.3 Å². The highest BCUT2D eigenvalue weighted by molar-refractivity contribution is 7.07. The Morgan fingerprint density at radius 3 is 3.00 bits per heavy atom. The molecule has 0 aliphatic rings. The number of nitrogens with one attached hydrogen (secondary N) is 2. The lowest BCUT2D eigenvalue weighted by molar-refractivity contribution is 0.640. The van der Waals surface area contributed by atoms with E-state index in [2.05, 4.69) is 15.7 Å². The normalized spacial score (nSPS) is 10.5. The molecule has 5 nitrogen and oxygen atoms in total. The zero-order chi connectivity index (χ0) is 12.8. The molecule has 2 rings (SSSR count). The molecule has 0 unspecified atom stereocenters. The van der Waals surface area contributed by atoms with Crippen LogP contribution in [0.5, 0.6) is 0 Å². The average molecular weight is 264 g/mol. The highest BCUT2D eigenvalue weighted by atomic mass is 32.1. The molecule has 0 aliphatic heterocycles. The van der Waals surface area contributed by atoms with Crippen LogP contribution in [-0.4, -0.2) is 29.9 Å². The summed E-state index contributed by atoms with van der Waals surface area (Å²) >= 11 is 1.62. The van der Waals surface area contributed by atoms with Crippen LogP contribution in [0.25, 0.3) is 0 Å². The first-order chi connectivity index (χ1) is 8.79. The Hall–Kier alpha value is -1.66. The summed E-state index contributed by atoms with van der Waals surface area (Å²) in [4.78, 5) is 11.8. The van der Waals surface area contributed by atoms with Crippen LogP contribution >= 0.6 is 11.3 Å². The van der Waals surface area contributed by atoms with Crippen LogP contribution in [0.1, 0.15) is 5.56 Å². The monoisotopic (exact) mass is 264 g/mol. The summed E-state index contributed by atoms with van der Waals surface area (Å²) in [6.07, 6.45) is 1.68. The number of likely N-dealkylation sites (N-methyl/N-ethyl adjacent to an activating group) is 1. The van der Waals surface area contributed by atoms with Crippen molar-refractivity contribution in [2.75, 3.05) is 25.5 Å². The maximum Gasteiger partial charge on any atom is 0.269 e. The van der Waals surface area contributed by atoms with Gasteiger partial charge >= 0.3 is 0 Å². The Kier molecular flexibility index (Phi) is 4.49. The Bertz CT molecular complexity index is 535. The summed E-state index contributed by atoms with van der Waals surface area (Å²) in [5.41, 5.74) is 1.78. The Labute approximate surface area is 109 Å². The van der Waals surface area contributed by atoms with Crippen molar-refractivity contribution in [2.45, 2.75) is 6.54 Å². The lowest BCUT2D eigenvalue weighted by Crippen LogP contribution is -2.24. The molecular weight excluding hydrogens is 248 g/mol. The molecule has 18 heavy (non-hydrogen) atoms. The van der Waals surface area contributed by atoms with Crippen LogP contribution in [0, 0.1) is 0 Å². The minimum atomic E-state index is -0.0874. The second kappa shape index (κ2) is 6.32. The van der Waals surface area contributed by atoms with Gasteiger partial charge < -0.3 is 10.6 Å². The van der Waals surface area contributed by atoms with Crippen LogP contribution < -0.4 is 16.2 Å². The highest BCUT2D eigenvalue weighted by Gasteiger charge is 2.01. The van der Waals surface area contributed by atoms with Gasteiger partial charge in [0.2, 0.25) is 0 Å². The van der Waals surface area contributed by atoms with Gasteiger partial charge in [0.15, 0.2) is 0 Å². The van der Waals surface area contributed by atoms with E-state index in [0.29, 0.717) is 6.54 Å². The summed E-state index contributed by atoms with van der Waals surface area (Å²) in [5.74, 6) is 0. The summed E-state index contributed by atoms with van der Waals surface area (Å²) in [5, 5.41) is 14.3. The van der Waals surface area contributed by atoms with E-state index in [9.17, 15) is 4.79 Å². The first-order valence-electron chi connectivity index (χ1n) is 5.76.